The van der Waals surface area contributed by atoms with Crippen molar-refractivity contribution in [2.75, 3.05) is 0 Å². The van der Waals surface area contributed by atoms with Crippen LogP contribution in [0.5, 0.6) is 0 Å². The Bertz CT molecular complexity index is 1060. The van der Waals surface area contributed by atoms with Gasteiger partial charge in [0.05, 0.1) is 6.61 Å². The summed E-state index contributed by atoms with van der Waals surface area (Å²) in [7, 11) is -1.97. The molecule has 38 heavy (non-hydrogen) atoms. The van der Waals surface area contributed by atoms with Crippen molar-refractivity contribution >= 4 is 14.4 Å². The maximum atomic E-state index is 13.4. The number of alkyl halides is 1. The summed E-state index contributed by atoms with van der Waals surface area (Å²) in [6.45, 7) is 25.0. The summed E-state index contributed by atoms with van der Waals surface area (Å²) in [5.74, 6) is 0.635. The molecule has 0 aliphatic rings. The van der Waals surface area contributed by atoms with Gasteiger partial charge in [-0.1, -0.05) is 98.6 Å². The van der Waals surface area contributed by atoms with E-state index in [9.17, 15) is 4.39 Å². The molecule has 2 aromatic rings. The first-order chi connectivity index (χ1) is 17.7. The molecular formula is C34H54FNOSi. The van der Waals surface area contributed by atoms with Crippen molar-refractivity contribution in [1.82, 2.24) is 4.98 Å². The minimum atomic E-state index is -1.97. The molecule has 0 N–H and O–H groups in total. The molecule has 0 spiro atoms. The van der Waals surface area contributed by atoms with Gasteiger partial charge in [0.1, 0.15) is 6.17 Å². The van der Waals surface area contributed by atoms with Crippen molar-refractivity contribution in [3.05, 3.63) is 58.4 Å². The zero-order valence-corrected chi connectivity index (χ0v) is 27.2. The third kappa shape index (κ3) is 8.61. The van der Waals surface area contributed by atoms with Crippen molar-refractivity contribution in [2.45, 2.75) is 137 Å². The van der Waals surface area contributed by atoms with Crippen LogP contribution in [0.4, 0.5) is 4.39 Å². The minimum Gasteiger partial charge on any atom is -0.412 e. The first-order valence-corrected chi connectivity index (χ1v) is 17.7. The predicted octanol–water partition coefficient (Wildman–Crippen LogP) is 11.0. The van der Waals surface area contributed by atoms with Crippen LogP contribution < -0.4 is 0 Å². The molecule has 0 amide bonds. The van der Waals surface area contributed by atoms with E-state index < -0.39 is 14.5 Å². The number of pyridine rings is 1. The fraction of sp³-hybridized carbons (Fsp3) is 0.618. The van der Waals surface area contributed by atoms with Crippen LogP contribution in [-0.4, -0.2) is 19.5 Å². The van der Waals surface area contributed by atoms with E-state index in [4.69, 9.17) is 9.41 Å². The molecule has 0 radical (unpaired) electrons. The number of rotatable bonds is 13. The van der Waals surface area contributed by atoms with Crippen molar-refractivity contribution < 1.29 is 8.82 Å². The van der Waals surface area contributed by atoms with Crippen LogP contribution in [0.2, 0.25) is 18.1 Å². The number of benzene rings is 1. The first kappa shape index (κ1) is 32.4. The first-order valence-electron chi connectivity index (χ1n) is 14.8. The van der Waals surface area contributed by atoms with Crippen molar-refractivity contribution in [1.29, 1.82) is 0 Å². The summed E-state index contributed by atoms with van der Waals surface area (Å²) >= 11 is 0. The Labute approximate surface area is 234 Å². The third-order valence-corrected chi connectivity index (χ3v) is 12.4. The lowest BCUT2D eigenvalue weighted by Crippen LogP contribution is -2.40. The smallest absolute Gasteiger partial charge is 0.192 e. The van der Waals surface area contributed by atoms with E-state index in [0.29, 0.717) is 24.9 Å². The lowest BCUT2D eigenvalue weighted by molar-refractivity contribution is 0.274. The van der Waals surface area contributed by atoms with E-state index in [1.807, 2.05) is 6.08 Å². The van der Waals surface area contributed by atoms with Gasteiger partial charge in [0.2, 0.25) is 0 Å². The maximum Gasteiger partial charge on any atom is 0.192 e. The van der Waals surface area contributed by atoms with Crippen LogP contribution in [-0.2, 0) is 17.5 Å². The van der Waals surface area contributed by atoms with Crippen molar-refractivity contribution in [3.63, 3.8) is 0 Å². The molecule has 1 aromatic heterocycles. The van der Waals surface area contributed by atoms with Gasteiger partial charge in [-0.25, -0.2) is 4.39 Å². The van der Waals surface area contributed by atoms with Gasteiger partial charge in [0, 0.05) is 17.0 Å². The largest absolute Gasteiger partial charge is 0.412 e. The highest BCUT2D eigenvalue weighted by atomic mass is 28.4. The third-order valence-electron chi connectivity index (χ3n) is 7.92. The predicted molar refractivity (Wildman–Crippen MR) is 167 cm³/mol. The van der Waals surface area contributed by atoms with Crippen LogP contribution in [0.1, 0.15) is 128 Å². The highest BCUT2D eigenvalue weighted by molar-refractivity contribution is 6.74. The lowest BCUT2D eigenvalue weighted by Gasteiger charge is -2.37. The fourth-order valence-electron chi connectivity index (χ4n) is 4.62. The van der Waals surface area contributed by atoms with Crippen LogP contribution in [0, 0.1) is 0 Å². The van der Waals surface area contributed by atoms with Gasteiger partial charge >= 0.3 is 0 Å². The van der Waals surface area contributed by atoms with E-state index in [0.717, 1.165) is 24.1 Å². The molecule has 0 saturated carbocycles. The van der Waals surface area contributed by atoms with E-state index >= 15 is 0 Å². The van der Waals surface area contributed by atoms with Gasteiger partial charge in [0.25, 0.3) is 0 Å². The number of allylic oxidation sites excluding steroid dienone is 1. The molecule has 212 valence electrons. The standard InChI is InChI=1S/C34H54FNOSi/c1-12-13-14-21-29-31(28-20-16-19-27(22-28)18-15-17-26(6)35)30(23-37-38(10,11)34(7,8)9)33(25(4)5)36-32(29)24(2)3/h15-16,18-20,22,24-26H,12-14,17,21,23H2,1-11H3/b18-15+. The Balaban J connectivity index is 2.82. The number of halogens is 1. The van der Waals surface area contributed by atoms with Crippen LogP contribution in [0.15, 0.2) is 30.3 Å². The highest BCUT2D eigenvalue weighted by Crippen LogP contribution is 2.41. The van der Waals surface area contributed by atoms with Gasteiger partial charge in [-0.05, 0) is 84.5 Å². The van der Waals surface area contributed by atoms with Crippen molar-refractivity contribution in [2.24, 2.45) is 0 Å². The highest BCUT2D eigenvalue weighted by Gasteiger charge is 2.38. The zero-order chi connectivity index (χ0) is 28.7. The maximum absolute atomic E-state index is 13.4. The Morgan fingerprint density at radius 2 is 1.61 bits per heavy atom. The summed E-state index contributed by atoms with van der Waals surface area (Å²) in [6, 6.07) is 8.74. The van der Waals surface area contributed by atoms with Gasteiger partial charge in [0.15, 0.2) is 8.32 Å². The van der Waals surface area contributed by atoms with Crippen molar-refractivity contribution in [3.8, 4) is 11.1 Å². The van der Waals surface area contributed by atoms with E-state index in [1.54, 1.807) is 6.92 Å². The van der Waals surface area contributed by atoms with Gasteiger partial charge in [-0.2, -0.15) is 0 Å². The second-order valence-electron chi connectivity index (χ2n) is 13.1. The second-order valence-corrected chi connectivity index (χ2v) is 17.9. The van der Waals surface area contributed by atoms with Gasteiger partial charge in [-0.15, -0.1) is 0 Å². The zero-order valence-electron chi connectivity index (χ0n) is 26.2. The monoisotopic (exact) mass is 539 g/mol. The number of aromatic nitrogens is 1. The molecule has 1 unspecified atom stereocenters. The average Bonchev–Trinajstić information content (AvgIpc) is 2.81. The number of hydrogen-bond donors (Lipinski definition) is 0. The SMILES string of the molecule is CCCCCc1c(C(C)C)nc(C(C)C)c(CO[Si](C)(C)C(C)(C)C)c1-c1cccc(/C=C/CC(C)F)c1. The average molecular weight is 540 g/mol. The Hall–Kier alpha value is -1.78. The van der Waals surface area contributed by atoms with E-state index in [1.165, 1.54) is 40.8 Å². The molecule has 4 heteroatoms. The molecule has 0 bridgehead atoms. The molecular weight excluding hydrogens is 485 g/mol. The molecule has 0 aliphatic carbocycles. The molecule has 1 atom stereocenters. The molecule has 1 aromatic carbocycles. The van der Waals surface area contributed by atoms with Gasteiger partial charge in [-0.3, -0.25) is 4.98 Å². The summed E-state index contributed by atoms with van der Waals surface area (Å²) in [4.78, 5) is 5.37. The minimum absolute atomic E-state index is 0.138. The van der Waals surface area contributed by atoms with Crippen LogP contribution in [0.3, 0.4) is 0 Å². The molecule has 1 heterocycles. The fourth-order valence-corrected chi connectivity index (χ4v) is 5.55. The van der Waals surface area contributed by atoms with Crippen LogP contribution >= 0.6 is 0 Å². The summed E-state index contributed by atoms with van der Waals surface area (Å²) in [6.07, 6.45) is 8.18. The molecule has 0 fully saturated rings. The Morgan fingerprint density at radius 3 is 2.16 bits per heavy atom. The summed E-state index contributed by atoms with van der Waals surface area (Å²) < 4.78 is 20.3. The lowest BCUT2D eigenvalue weighted by atomic mass is 9.85. The van der Waals surface area contributed by atoms with Crippen LogP contribution in [0.25, 0.3) is 17.2 Å². The molecule has 2 rings (SSSR count). The summed E-state index contributed by atoms with van der Waals surface area (Å²) in [5.41, 5.74) is 8.65. The summed E-state index contributed by atoms with van der Waals surface area (Å²) in [5, 5.41) is 0.138. The molecule has 2 nitrogen and oxygen atoms in total. The topological polar surface area (TPSA) is 22.1 Å². The Morgan fingerprint density at radius 1 is 0.974 bits per heavy atom. The second kappa shape index (κ2) is 14.0. The molecule has 0 aliphatic heterocycles. The normalized spacial score (nSPS) is 13.7. The molecule has 0 saturated heterocycles. The number of hydrogen-bond acceptors (Lipinski definition) is 2. The quantitative estimate of drug-likeness (QED) is 0.186. The van der Waals surface area contributed by atoms with E-state index in [-0.39, 0.29) is 5.04 Å². The number of nitrogens with zero attached hydrogens (tertiary/aromatic N) is 1. The van der Waals surface area contributed by atoms with E-state index in [2.05, 4.69) is 98.8 Å². The Kier molecular flexibility index (Phi) is 12.0. The number of unbranched alkanes of at least 4 members (excludes halogenated alkanes) is 2. The van der Waals surface area contributed by atoms with Gasteiger partial charge < -0.3 is 4.43 Å².